The lowest BCUT2D eigenvalue weighted by molar-refractivity contribution is -0.139. The number of carbonyl (C=O) groups excluding carboxylic acids is 2. The van der Waals surface area contributed by atoms with Crippen LogP contribution < -0.4 is 15.4 Å². The van der Waals surface area contributed by atoms with Crippen molar-refractivity contribution in [2.75, 3.05) is 6.61 Å². The first-order valence-corrected chi connectivity index (χ1v) is 9.31. The number of nitrogens with one attached hydrogen (secondary N) is 2. The van der Waals surface area contributed by atoms with E-state index in [-0.39, 0.29) is 6.03 Å². The van der Waals surface area contributed by atoms with Crippen molar-refractivity contribution in [1.82, 2.24) is 10.6 Å². The number of para-hydroxylation sites is 1. The zero-order valence-electron chi connectivity index (χ0n) is 16.0. The van der Waals surface area contributed by atoms with Crippen molar-refractivity contribution in [3.63, 3.8) is 0 Å². The van der Waals surface area contributed by atoms with E-state index < -0.39 is 12.0 Å². The van der Waals surface area contributed by atoms with Gasteiger partial charge in [-0.3, -0.25) is 0 Å². The lowest BCUT2D eigenvalue weighted by Gasteiger charge is -2.29. The molecule has 0 fully saturated rings. The highest BCUT2D eigenvalue weighted by Crippen LogP contribution is 2.33. The molecule has 6 nitrogen and oxygen atoms in total. The van der Waals surface area contributed by atoms with Crippen LogP contribution in [-0.2, 0) is 16.1 Å². The topological polar surface area (TPSA) is 76.7 Å². The first kappa shape index (κ1) is 19.5. The Morgan fingerprint density at radius 2 is 1.79 bits per heavy atom. The molecule has 2 aromatic carbocycles. The van der Waals surface area contributed by atoms with Crippen LogP contribution in [0.15, 0.2) is 65.9 Å². The van der Waals surface area contributed by atoms with Gasteiger partial charge in [0, 0.05) is 11.3 Å². The van der Waals surface area contributed by atoms with E-state index in [0.29, 0.717) is 35.8 Å². The summed E-state index contributed by atoms with van der Waals surface area (Å²) in [7, 11) is 0. The van der Waals surface area contributed by atoms with Gasteiger partial charge in [0.1, 0.15) is 12.4 Å². The van der Waals surface area contributed by atoms with Crippen LogP contribution in [0.5, 0.6) is 5.75 Å². The Bertz CT molecular complexity index is 877. The molecule has 0 saturated heterocycles. The Morgan fingerprint density at radius 3 is 2.54 bits per heavy atom. The van der Waals surface area contributed by atoms with Crippen LogP contribution in [0, 0.1) is 0 Å². The monoisotopic (exact) mass is 380 g/mol. The van der Waals surface area contributed by atoms with Crippen molar-refractivity contribution < 1.29 is 19.1 Å². The van der Waals surface area contributed by atoms with Gasteiger partial charge in [0.2, 0.25) is 0 Å². The number of carbonyl (C=O) groups is 2. The standard InChI is InChI=1S/C22H24N2O4/c1-3-13-27-21(25)19-15(2)23-22(26)24-20(19)17-11-7-8-12-18(17)28-14-16-9-5-4-6-10-16/h4-12,20H,3,13-14H2,1-2H3,(H2,23,24,26)/t20-/m1/s1. The second kappa shape index (κ2) is 9.08. The largest absolute Gasteiger partial charge is 0.489 e. The molecule has 0 aliphatic carbocycles. The molecule has 0 radical (unpaired) electrons. The van der Waals surface area contributed by atoms with Gasteiger partial charge >= 0.3 is 12.0 Å². The lowest BCUT2D eigenvalue weighted by atomic mass is 9.95. The molecule has 0 unspecified atom stereocenters. The number of amides is 2. The first-order valence-electron chi connectivity index (χ1n) is 9.31. The number of hydrogen-bond acceptors (Lipinski definition) is 4. The number of esters is 1. The summed E-state index contributed by atoms with van der Waals surface area (Å²) < 4.78 is 11.3. The van der Waals surface area contributed by atoms with Gasteiger partial charge in [-0.2, -0.15) is 0 Å². The number of urea groups is 1. The second-order valence-electron chi connectivity index (χ2n) is 6.52. The SMILES string of the molecule is CCCOC(=O)C1=C(C)NC(=O)N[C@@H]1c1ccccc1OCc1ccccc1. The first-order chi connectivity index (χ1) is 13.6. The minimum absolute atomic E-state index is 0.322. The molecule has 1 aliphatic heterocycles. The highest BCUT2D eigenvalue weighted by molar-refractivity contribution is 5.95. The van der Waals surface area contributed by atoms with Gasteiger partial charge in [-0.15, -0.1) is 0 Å². The van der Waals surface area contributed by atoms with Crippen LogP contribution in [0.3, 0.4) is 0 Å². The average Bonchev–Trinajstić information content (AvgIpc) is 2.71. The Morgan fingerprint density at radius 1 is 1.07 bits per heavy atom. The van der Waals surface area contributed by atoms with E-state index in [1.165, 1.54) is 0 Å². The fourth-order valence-corrected chi connectivity index (χ4v) is 3.06. The summed E-state index contributed by atoms with van der Waals surface area (Å²) in [6, 6.07) is 16.2. The number of ether oxygens (including phenoxy) is 2. The van der Waals surface area contributed by atoms with Crippen molar-refractivity contribution in [2.45, 2.75) is 32.9 Å². The average molecular weight is 380 g/mol. The van der Waals surface area contributed by atoms with Gasteiger partial charge in [-0.25, -0.2) is 9.59 Å². The molecule has 146 valence electrons. The molecule has 1 aliphatic rings. The smallest absolute Gasteiger partial charge is 0.338 e. The Balaban J connectivity index is 1.90. The van der Waals surface area contributed by atoms with Crippen LogP contribution in [-0.4, -0.2) is 18.6 Å². The summed E-state index contributed by atoms with van der Waals surface area (Å²) in [6.45, 7) is 4.33. The van der Waals surface area contributed by atoms with E-state index in [2.05, 4.69) is 10.6 Å². The summed E-state index contributed by atoms with van der Waals surface area (Å²) in [6.07, 6.45) is 0.722. The molecule has 28 heavy (non-hydrogen) atoms. The maximum Gasteiger partial charge on any atom is 0.338 e. The Hall–Kier alpha value is -3.28. The summed E-state index contributed by atoms with van der Waals surface area (Å²) in [5.41, 5.74) is 2.59. The van der Waals surface area contributed by atoms with Crippen molar-refractivity contribution in [1.29, 1.82) is 0 Å². The minimum atomic E-state index is -0.648. The molecule has 0 bridgehead atoms. The summed E-state index contributed by atoms with van der Waals surface area (Å²) in [5.74, 6) is 0.154. The summed E-state index contributed by atoms with van der Waals surface area (Å²) in [5, 5.41) is 5.47. The van der Waals surface area contributed by atoms with Gasteiger partial charge in [0.15, 0.2) is 0 Å². The second-order valence-corrected chi connectivity index (χ2v) is 6.52. The number of allylic oxidation sites excluding steroid dienone is 1. The molecule has 0 aromatic heterocycles. The third-order valence-corrected chi connectivity index (χ3v) is 4.39. The van der Waals surface area contributed by atoms with Crippen molar-refractivity contribution in [3.8, 4) is 5.75 Å². The van der Waals surface area contributed by atoms with Crippen LogP contribution in [0.2, 0.25) is 0 Å². The predicted molar refractivity (Wildman–Crippen MR) is 106 cm³/mol. The molecular weight excluding hydrogens is 356 g/mol. The molecule has 1 atom stereocenters. The van der Waals surface area contributed by atoms with E-state index in [4.69, 9.17) is 9.47 Å². The van der Waals surface area contributed by atoms with Crippen molar-refractivity contribution in [3.05, 3.63) is 77.0 Å². The highest BCUT2D eigenvalue weighted by atomic mass is 16.5. The number of hydrogen-bond donors (Lipinski definition) is 2. The molecule has 6 heteroatoms. The van der Waals surface area contributed by atoms with Gasteiger partial charge in [-0.05, 0) is 25.0 Å². The lowest BCUT2D eigenvalue weighted by Crippen LogP contribution is -2.45. The molecule has 2 N–H and O–H groups in total. The zero-order valence-corrected chi connectivity index (χ0v) is 16.0. The van der Waals surface area contributed by atoms with Crippen LogP contribution in [0.1, 0.15) is 37.4 Å². The quantitative estimate of drug-likeness (QED) is 0.716. The van der Waals surface area contributed by atoms with E-state index >= 15 is 0 Å². The molecule has 0 spiro atoms. The number of rotatable bonds is 7. The zero-order chi connectivity index (χ0) is 19.9. The minimum Gasteiger partial charge on any atom is -0.489 e. The van der Waals surface area contributed by atoms with Gasteiger partial charge in [0.25, 0.3) is 0 Å². The molecule has 0 saturated carbocycles. The maximum atomic E-state index is 12.6. The van der Waals surface area contributed by atoms with E-state index in [1.54, 1.807) is 6.92 Å². The summed E-state index contributed by atoms with van der Waals surface area (Å²) in [4.78, 5) is 24.7. The molecular formula is C22H24N2O4. The molecule has 2 amide bonds. The maximum absolute atomic E-state index is 12.6. The third-order valence-electron chi connectivity index (χ3n) is 4.39. The van der Waals surface area contributed by atoms with Gasteiger partial charge < -0.3 is 20.1 Å². The molecule has 1 heterocycles. The van der Waals surface area contributed by atoms with Gasteiger partial charge in [-0.1, -0.05) is 55.5 Å². The fraction of sp³-hybridized carbons (Fsp3) is 0.273. The van der Waals surface area contributed by atoms with Crippen LogP contribution in [0.4, 0.5) is 4.79 Å². The number of benzene rings is 2. The van der Waals surface area contributed by atoms with Crippen molar-refractivity contribution >= 4 is 12.0 Å². The van der Waals surface area contributed by atoms with Crippen LogP contribution in [0.25, 0.3) is 0 Å². The van der Waals surface area contributed by atoms with Crippen LogP contribution >= 0.6 is 0 Å². The highest BCUT2D eigenvalue weighted by Gasteiger charge is 2.33. The molecule has 2 aromatic rings. The van der Waals surface area contributed by atoms with E-state index in [0.717, 1.165) is 12.0 Å². The fourth-order valence-electron chi connectivity index (χ4n) is 3.06. The van der Waals surface area contributed by atoms with E-state index in [1.807, 2.05) is 61.5 Å². The third kappa shape index (κ3) is 4.52. The molecule has 3 rings (SSSR count). The van der Waals surface area contributed by atoms with Gasteiger partial charge in [0.05, 0.1) is 18.2 Å². The Kier molecular flexibility index (Phi) is 6.32. The predicted octanol–water partition coefficient (Wildman–Crippen LogP) is 3.85. The summed E-state index contributed by atoms with van der Waals surface area (Å²) >= 11 is 0. The Labute approximate surface area is 164 Å². The van der Waals surface area contributed by atoms with Crippen molar-refractivity contribution in [2.24, 2.45) is 0 Å². The normalized spacial score (nSPS) is 16.2. The van der Waals surface area contributed by atoms with E-state index in [9.17, 15) is 9.59 Å².